The minimum absolute atomic E-state index is 0.0822. The Bertz CT molecular complexity index is 553. The molecule has 1 aromatic carbocycles. The fourth-order valence-corrected chi connectivity index (χ4v) is 2.26. The molecule has 1 saturated carbocycles. The molecular formula is C18H28N2O3. The van der Waals surface area contributed by atoms with Gasteiger partial charge in [0.15, 0.2) is 11.5 Å². The SMILES string of the molecule is COc1cc(C(C)NC(=O)C2(N)CC2)ccc1OCCC(C)C. The number of hydrogen-bond acceptors (Lipinski definition) is 4. The van der Waals surface area contributed by atoms with Gasteiger partial charge in [-0.2, -0.15) is 0 Å². The second kappa shape index (κ2) is 7.21. The lowest BCUT2D eigenvalue weighted by atomic mass is 10.1. The third-order valence-electron chi connectivity index (χ3n) is 4.23. The third kappa shape index (κ3) is 4.61. The number of rotatable bonds is 8. The van der Waals surface area contributed by atoms with E-state index in [0.717, 1.165) is 30.6 Å². The van der Waals surface area contributed by atoms with Gasteiger partial charge in [-0.15, -0.1) is 0 Å². The van der Waals surface area contributed by atoms with Crippen LogP contribution in [0.25, 0.3) is 0 Å². The highest BCUT2D eigenvalue weighted by Crippen LogP contribution is 2.34. The number of nitrogens with one attached hydrogen (secondary N) is 1. The first-order chi connectivity index (χ1) is 10.9. The molecule has 128 valence electrons. The van der Waals surface area contributed by atoms with Gasteiger partial charge in [0, 0.05) is 0 Å². The van der Waals surface area contributed by atoms with Crippen molar-refractivity contribution in [3.63, 3.8) is 0 Å². The summed E-state index contributed by atoms with van der Waals surface area (Å²) in [5.41, 5.74) is 6.23. The minimum atomic E-state index is -0.655. The maximum absolute atomic E-state index is 12.0. The highest BCUT2D eigenvalue weighted by atomic mass is 16.5. The molecule has 0 heterocycles. The van der Waals surface area contributed by atoms with Crippen molar-refractivity contribution in [2.45, 2.75) is 51.6 Å². The maximum Gasteiger partial charge on any atom is 0.240 e. The van der Waals surface area contributed by atoms with E-state index in [9.17, 15) is 4.79 Å². The zero-order chi connectivity index (χ0) is 17.0. The average Bonchev–Trinajstić information content (AvgIpc) is 3.26. The van der Waals surface area contributed by atoms with Crippen LogP contribution in [0.3, 0.4) is 0 Å². The first kappa shape index (κ1) is 17.6. The summed E-state index contributed by atoms with van der Waals surface area (Å²) in [4.78, 5) is 12.0. The Labute approximate surface area is 138 Å². The van der Waals surface area contributed by atoms with Gasteiger partial charge in [0.05, 0.1) is 25.3 Å². The topological polar surface area (TPSA) is 73.6 Å². The Morgan fingerprint density at radius 3 is 2.57 bits per heavy atom. The summed E-state index contributed by atoms with van der Waals surface area (Å²) in [6, 6.07) is 5.63. The van der Waals surface area contributed by atoms with E-state index in [1.54, 1.807) is 7.11 Å². The second-order valence-corrected chi connectivity index (χ2v) is 6.79. The van der Waals surface area contributed by atoms with E-state index in [1.807, 2.05) is 25.1 Å². The molecule has 0 saturated heterocycles. The van der Waals surface area contributed by atoms with Crippen LogP contribution < -0.4 is 20.5 Å². The Morgan fingerprint density at radius 1 is 1.30 bits per heavy atom. The van der Waals surface area contributed by atoms with Crippen molar-refractivity contribution in [1.82, 2.24) is 5.32 Å². The molecular weight excluding hydrogens is 292 g/mol. The molecule has 1 atom stereocenters. The fourth-order valence-electron chi connectivity index (χ4n) is 2.26. The van der Waals surface area contributed by atoms with Crippen LogP contribution in [0.5, 0.6) is 11.5 Å². The largest absolute Gasteiger partial charge is 0.493 e. The smallest absolute Gasteiger partial charge is 0.240 e. The number of methoxy groups -OCH3 is 1. The molecule has 0 bridgehead atoms. The van der Waals surface area contributed by atoms with E-state index in [-0.39, 0.29) is 11.9 Å². The van der Waals surface area contributed by atoms with E-state index < -0.39 is 5.54 Å². The van der Waals surface area contributed by atoms with Crippen LogP contribution in [0.15, 0.2) is 18.2 Å². The third-order valence-corrected chi connectivity index (χ3v) is 4.23. The van der Waals surface area contributed by atoms with Gasteiger partial charge >= 0.3 is 0 Å². The van der Waals surface area contributed by atoms with Crippen molar-refractivity contribution in [2.24, 2.45) is 11.7 Å². The van der Waals surface area contributed by atoms with E-state index in [1.165, 1.54) is 0 Å². The lowest BCUT2D eigenvalue weighted by molar-refractivity contribution is -0.123. The molecule has 0 spiro atoms. The summed E-state index contributed by atoms with van der Waals surface area (Å²) in [6.07, 6.45) is 2.52. The van der Waals surface area contributed by atoms with Crippen molar-refractivity contribution < 1.29 is 14.3 Å². The zero-order valence-corrected chi connectivity index (χ0v) is 14.5. The lowest BCUT2D eigenvalue weighted by Crippen LogP contribution is -2.43. The summed E-state index contributed by atoms with van der Waals surface area (Å²) in [6.45, 7) is 6.93. The van der Waals surface area contributed by atoms with E-state index in [4.69, 9.17) is 15.2 Å². The van der Waals surface area contributed by atoms with Crippen LogP contribution in [-0.4, -0.2) is 25.2 Å². The summed E-state index contributed by atoms with van der Waals surface area (Å²) in [7, 11) is 1.62. The molecule has 1 amide bonds. The van der Waals surface area contributed by atoms with Crippen LogP contribution in [0.4, 0.5) is 0 Å². The molecule has 1 aliphatic rings. The fraction of sp³-hybridized carbons (Fsp3) is 0.611. The molecule has 0 radical (unpaired) electrons. The van der Waals surface area contributed by atoms with Crippen LogP contribution in [-0.2, 0) is 4.79 Å². The molecule has 2 rings (SSSR count). The van der Waals surface area contributed by atoms with Gasteiger partial charge in [0.25, 0.3) is 0 Å². The summed E-state index contributed by atoms with van der Waals surface area (Å²) >= 11 is 0. The molecule has 1 aliphatic carbocycles. The number of hydrogen-bond donors (Lipinski definition) is 2. The molecule has 1 unspecified atom stereocenters. The molecule has 5 heteroatoms. The quantitative estimate of drug-likeness (QED) is 0.772. The maximum atomic E-state index is 12.0. The molecule has 0 aromatic heterocycles. The summed E-state index contributed by atoms with van der Waals surface area (Å²) in [5, 5.41) is 2.97. The van der Waals surface area contributed by atoms with E-state index in [0.29, 0.717) is 18.3 Å². The first-order valence-electron chi connectivity index (χ1n) is 8.26. The first-order valence-corrected chi connectivity index (χ1v) is 8.26. The number of nitrogens with two attached hydrogens (primary N) is 1. The summed E-state index contributed by atoms with van der Waals surface area (Å²) in [5.74, 6) is 1.93. The molecule has 1 fully saturated rings. The van der Waals surface area contributed by atoms with Gasteiger partial charge in [-0.25, -0.2) is 0 Å². The summed E-state index contributed by atoms with van der Waals surface area (Å²) < 4.78 is 11.2. The lowest BCUT2D eigenvalue weighted by Gasteiger charge is -2.19. The zero-order valence-electron chi connectivity index (χ0n) is 14.5. The molecule has 5 nitrogen and oxygen atoms in total. The van der Waals surface area contributed by atoms with Gasteiger partial charge in [-0.3, -0.25) is 4.79 Å². The van der Waals surface area contributed by atoms with Gasteiger partial charge < -0.3 is 20.5 Å². The Balaban J connectivity index is 2.00. The van der Waals surface area contributed by atoms with Crippen LogP contribution in [0, 0.1) is 5.92 Å². The number of carbonyl (C=O) groups is 1. The number of amides is 1. The molecule has 3 N–H and O–H groups in total. The second-order valence-electron chi connectivity index (χ2n) is 6.79. The van der Waals surface area contributed by atoms with Crippen LogP contribution in [0.1, 0.15) is 51.6 Å². The van der Waals surface area contributed by atoms with Crippen molar-refractivity contribution in [2.75, 3.05) is 13.7 Å². The number of benzene rings is 1. The normalized spacial score (nSPS) is 16.8. The Morgan fingerprint density at radius 2 is 2.00 bits per heavy atom. The van der Waals surface area contributed by atoms with Crippen molar-refractivity contribution >= 4 is 5.91 Å². The van der Waals surface area contributed by atoms with E-state index in [2.05, 4.69) is 19.2 Å². The predicted octanol–water partition coefficient (Wildman–Crippen LogP) is 2.79. The molecule has 23 heavy (non-hydrogen) atoms. The predicted molar refractivity (Wildman–Crippen MR) is 90.7 cm³/mol. The molecule has 1 aromatic rings. The van der Waals surface area contributed by atoms with Gasteiger partial charge in [-0.1, -0.05) is 19.9 Å². The van der Waals surface area contributed by atoms with Crippen molar-refractivity contribution in [1.29, 1.82) is 0 Å². The van der Waals surface area contributed by atoms with Crippen LogP contribution >= 0.6 is 0 Å². The van der Waals surface area contributed by atoms with Crippen LogP contribution in [0.2, 0.25) is 0 Å². The van der Waals surface area contributed by atoms with Crippen molar-refractivity contribution in [3.8, 4) is 11.5 Å². The highest BCUT2D eigenvalue weighted by Gasteiger charge is 2.46. The van der Waals surface area contributed by atoms with Gasteiger partial charge in [0.1, 0.15) is 0 Å². The van der Waals surface area contributed by atoms with E-state index >= 15 is 0 Å². The highest BCUT2D eigenvalue weighted by molar-refractivity contribution is 5.89. The minimum Gasteiger partial charge on any atom is -0.493 e. The van der Waals surface area contributed by atoms with Gasteiger partial charge in [-0.05, 0) is 49.8 Å². The number of carbonyl (C=O) groups excluding carboxylic acids is 1. The Kier molecular flexibility index (Phi) is 5.52. The molecule has 0 aliphatic heterocycles. The standard InChI is InChI=1S/C18H28N2O3/c1-12(2)7-10-23-15-6-5-14(11-16(15)22-4)13(3)20-17(21)18(19)8-9-18/h5-6,11-13H,7-10,19H2,1-4H3,(H,20,21). The Hall–Kier alpha value is -1.75. The average molecular weight is 320 g/mol. The monoisotopic (exact) mass is 320 g/mol. The number of ether oxygens (including phenoxy) is 2. The van der Waals surface area contributed by atoms with Gasteiger partial charge in [0.2, 0.25) is 5.91 Å². The van der Waals surface area contributed by atoms with Crippen molar-refractivity contribution in [3.05, 3.63) is 23.8 Å².